The molecule has 0 bridgehead atoms. The third kappa shape index (κ3) is 4.59. The van der Waals surface area contributed by atoms with Crippen molar-refractivity contribution in [2.24, 2.45) is 11.8 Å². The van der Waals surface area contributed by atoms with Gasteiger partial charge < -0.3 is 5.32 Å². The Kier molecular flexibility index (Phi) is 7.16. The number of hydrogen-bond donors (Lipinski definition) is 1. The molecule has 1 amide bonds. The van der Waals surface area contributed by atoms with Gasteiger partial charge in [0.2, 0.25) is 5.91 Å². The molecule has 1 aromatic carbocycles. The molecule has 6 heteroatoms. The highest BCUT2D eigenvalue weighted by Gasteiger charge is 2.31. The van der Waals surface area contributed by atoms with Crippen LogP contribution in [0.5, 0.6) is 0 Å². The van der Waals surface area contributed by atoms with E-state index in [9.17, 15) is 9.59 Å². The minimum Gasteiger partial charge on any atom is -0.355 e. The second-order valence-electron chi connectivity index (χ2n) is 7.91. The third-order valence-corrected chi connectivity index (χ3v) is 6.91. The van der Waals surface area contributed by atoms with Gasteiger partial charge in [0.15, 0.2) is 5.16 Å². The molecule has 1 N–H and O–H groups in total. The van der Waals surface area contributed by atoms with Crippen LogP contribution in [0.1, 0.15) is 58.9 Å². The number of rotatable bonds is 7. The molecule has 1 fully saturated rings. The molecule has 2 aromatic rings. The van der Waals surface area contributed by atoms with Crippen molar-refractivity contribution in [3.63, 3.8) is 0 Å². The number of amides is 1. The van der Waals surface area contributed by atoms with Gasteiger partial charge in [-0.2, -0.15) is 0 Å². The molecule has 3 atom stereocenters. The van der Waals surface area contributed by atoms with Gasteiger partial charge in [0.05, 0.1) is 16.7 Å². The van der Waals surface area contributed by atoms with Crippen LogP contribution in [-0.2, 0) is 4.79 Å². The zero-order valence-electron chi connectivity index (χ0n) is 17.1. The van der Waals surface area contributed by atoms with E-state index >= 15 is 0 Å². The molecule has 1 aliphatic rings. The second kappa shape index (κ2) is 9.59. The molecule has 28 heavy (non-hydrogen) atoms. The van der Waals surface area contributed by atoms with E-state index in [1.165, 1.54) is 18.2 Å². The normalized spacial score (nSPS) is 22.3. The van der Waals surface area contributed by atoms with Gasteiger partial charge in [-0.3, -0.25) is 14.2 Å². The zero-order valence-corrected chi connectivity index (χ0v) is 17.9. The van der Waals surface area contributed by atoms with Gasteiger partial charge in [-0.05, 0) is 36.8 Å². The average molecular weight is 402 g/mol. The molecule has 152 valence electrons. The lowest BCUT2D eigenvalue weighted by Gasteiger charge is -2.36. The predicted octanol–water partition coefficient (Wildman–Crippen LogP) is 4.40. The molecule has 5 nitrogen and oxygen atoms in total. The van der Waals surface area contributed by atoms with Crippen molar-refractivity contribution < 1.29 is 4.79 Å². The Bertz CT molecular complexity index is 880. The quantitative estimate of drug-likeness (QED) is 0.424. The van der Waals surface area contributed by atoms with Gasteiger partial charge >= 0.3 is 0 Å². The van der Waals surface area contributed by atoms with E-state index in [-0.39, 0.29) is 23.3 Å². The summed E-state index contributed by atoms with van der Waals surface area (Å²) in [7, 11) is 0. The fourth-order valence-corrected chi connectivity index (χ4v) is 4.91. The number of fused-ring (bicyclic) bond motifs is 1. The van der Waals surface area contributed by atoms with Crippen molar-refractivity contribution in [3.8, 4) is 0 Å². The summed E-state index contributed by atoms with van der Waals surface area (Å²) >= 11 is 1.38. The Morgan fingerprint density at radius 3 is 2.86 bits per heavy atom. The van der Waals surface area contributed by atoms with Crippen LogP contribution in [0.4, 0.5) is 0 Å². The molecule has 0 spiro atoms. The van der Waals surface area contributed by atoms with Crippen LogP contribution in [0, 0.1) is 11.8 Å². The van der Waals surface area contributed by atoms with E-state index in [1.807, 2.05) is 28.8 Å². The number of para-hydroxylation sites is 1. The summed E-state index contributed by atoms with van der Waals surface area (Å²) in [6.45, 7) is 7.31. The molecule has 0 unspecified atom stereocenters. The first kappa shape index (κ1) is 20.9. The predicted molar refractivity (Wildman–Crippen MR) is 116 cm³/mol. The summed E-state index contributed by atoms with van der Waals surface area (Å²) in [5, 5.41) is 4.27. The highest BCUT2D eigenvalue weighted by atomic mass is 32.2. The first-order valence-electron chi connectivity index (χ1n) is 10.4. The molecule has 0 aliphatic heterocycles. The van der Waals surface area contributed by atoms with Crippen LogP contribution in [-0.4, -0.2) is 27.8 Å². The molecule has 0 saturated heterocycles. The van der Waals surface area contributed by atoms with E-state index in [2.05, 4.69) is 26.1 Å². The first-order chi connectivity index (χ1) is 13.5. The molecule has 1 saturated carbocycles. The van der Waals surface area contributed by atoms with Crippen LogP contribution in [0.2, 0.25) is 0 Å². The van der Waals surface area contributed by atoms with Gasteiger partial charge in [0, 0.05) is 12.6 Å². The Labute approximate surface area is 171 Å². The SMILES string of the molecule is CCCCNC(=O)CSc1nc2ccccc2c(=O)n1[C@H]1CCC[C@H](C)[C@@H]1C. The number of nitrogens with one attached hydrogen (secondary N) is 1. The topological polar surface area (TPSA) is 64.0 Å². The van der Waals surface area contributed by atoms with Crippen molar-refractivity contribution >= 4 is 28.6 Å². The molecular weight excluding hydrogens is 370 g/mol. The number of hydrogen-bond acceptors (Lipinski definition) is 4. The maximum Gasteiger partial charge on any atom is 0.262 e. The monoisotopic (exact) mass is 401 g/mol. The lowest BCUT2D eigenvalue weighted by atomic mass is 9.78. The van der Waals surface area contributed by atoms with E-state index < -0.39 is 0 Å². The van der Waals surface area contributed by atoms with Crippen LogP contribution < -0.4 is 10.9 Å². The Morgan fingerprint density at radius 2 is 2.07 bits per heavy atom. The number of benzene rings is 1. The standard InChI is InChI=1S/C22H31N3O2S/c1-4-5-13-23-20(26)14-28-22-24-18-11-7-6-10-17(18)21(27)25(22)19-12-8-9-15(2)16(19)3/h6-7,10-11,15-16,19H,4-5,8-9,12-14H2,1-3H3,(H,23,26)/t15-,16-,19-/m0/s1. The summed E-state index contributed by atoms with van der Waals surface area (Å²) in [5.74, 6) is 1.27. The van der Waals surface area contributed by atoms with Crippen molar-refractivity contribution in [2.75, 3.05) is 12.3 Å². The molecule has 0 radical (unpaired) electrons. The zero-order chi connectivity index (χ0) is 20.1. The lowest BCUT2D eigenvalue weighted by molar-refractivity contribution is -0.118. The maximum absolute atomic E-state index is 13.4. The van der Waals surface area contributed by atoms with Crippen LogP contribution in [0.3, 0.4) is 0 Å². The second-order valence-corrected chi connectivity index (χ2v) is 8.86. The maximum atomic E-state index is 13.4. The number of nitrogens with zero attached hydrogens (tertiary/aromatic N) is 2. The summed E-state index contributed by atoms with van der Waals surface area (Å²) in [6.07, 6.45) is 5.35. The van der Waals surface area contributed by atoms with Crippen molar-refractivity contribution in [1.29, 1.82) is 0 Å². The molecule has 1 aromatic heterocycles. The number of aromatic nitrogens is 2. The minimum absolute atomic E-state index is 0.00234. The number of carbonyl (C=O) groups is 1. The Morgan fingerprint density at radius 1 is 1.29 bits per heavy atom. The smallest absolute Gasteiger partial charge is 0.262 e. The fourth-order valence-electron chi connectivity index (χ4n) is 4.02. The summed E-state index contributed by atoms with van der Waals surface area (Å²) in [5.41, 5.74) is 0.722. The molecular formula is C22H31N3O2S. The van der Waals surface area contributed by atoms with E-state index in [4.69, 9.17) is 4.98 Å². The van der Waals surface area contributed by atoms with Gasteiger partial charge in [-0.15, -0.1) is 0 Å². The van der Waals surface area contributed by atoms with Gasteiger partial charge in [-0.25, -0.2) is 4.98 Å². The van der Waals surface area contributed by atoms with Crippen LogP contribution >= 0.6 is 11.8 Å². The van der Waals surface area contributed by atoms with Crippen molar-refractivity contribution in [1.82, 2.24) is 14.9 Å². The largest absolute Gasteiger partial charge is 0.355 e. The average Bonchev–Trinajstić information content (AvgIpc) is 2.69. The molecule has 1 heterocycles. The van der Waals surface area contributed by atoms with Crippen LogP contribution in [0.25, 0.3) is 10.9 Å². The highest BCUT2D eigenvalue weighted by molar-refractivity contribution is 7.99. The Balaban J connectivity index is 1.93. The molecule has 1 aliphatic carbocycles. The van der Waals surface area contributed by atoms with E-state index in [0.29, 0.717) is 34.4 Å². The minimum atomic E-state index is -0.00234. The van der Waals surface area contributed by atoms with Crippen molar-refractivity contribution in [3.05, 3.63) is 34.6 Å². The number of unbranched alkanes of at least 4 members (excludes halogenated alkanes) is 1. The van der Waals surface area contributed by atoms with E-state index in [0.717, 1.165) is 25.7 Å². The Hall–Kier alpha value is -1.82. The number of thioether (sulfide) groups is 1. The van der Waals surface area contributed by atoms with Gasteiger partial charge in [0.1, 0.15) is 0 Å². The first-order valence-corrected chi connectivity index (χ1v) is 11.4. The fraction of sp³-hybridized carbons (Fsp3) is 0.591. The van der Waals surface area contributed by atoms with Crippen molar-refractivity contribution in [2.45, 2.75) is 64.1 Å². The van der Waals surface area contributed by atoms with E-state index in [1.54, 1.807) is 0 Å². The molecule has 3 rings (SSSR count). The lowest BCUT2D eigenvalue weighted by Crippen LogP contribution is -2.35. The number of carbonyl (C=O) groups excluding carboxylic acids is 1. The summed E-state index contributed by atoms with van der Waals surface area (Å²) in [4.78, 5) is 30.3. The van der Waals surface area contributed by atoms with Gasteiger partial charge in [0.25, 0.3) is 5.56 Å². The summed E-state index contributed by atoms with van der Waals surface area (Å²) < 4.78 is 1.88. The van der Waals surface area contributed by atoms with Gasteiger partial charge in [-0.1, -0.05) is 63.9 Å². The summed E-state index contributed by atoms with van der Waals surface area (Å²) in [6, 6.07) is 7.65. The van der Waals surface area contributed by atoms with Crippen LogP contribution in [0.15, 0.2) is 34.2 Å². The third-order valence-electron chi connectivity index (χ3n) is 5.96. The highest BCUT2D eigenvalue weighted by Crippen LogP contribution is 2.38.